The Bertz CT molecular complexity index is 644. The van der Waals surface area contributed by atoms with E-state index in [4.69, 9.17) is 0 Å². The minimum atomic E-state index is -1.64. The van der Waals surface area contributed by atoms with E-state index >= 15 is 0 Å². The number of nitrogens with one attached hydrogen (secondary N) is 2. The minimum Gasteiger partial charge on any atom is -0.306 e. The molecule has 2 amide bonds. The van der Waals surface area contributed by atoms with Crippen LogP contribution in [0.25, 0.3) is 0 Å². The van der Waals surface area contributed by atoms with Crippen LogP contribution in [-0.4, -0.2) is 11.0 Å². The van der Waals surface area contributed by atoms with Gasteiger partial charge in [0.05, 0.1) is 17.6 Å². The summed E-state index contributed by atoms with van der Waals surface area (Å²) in [5.41, 5.74) is 0.695. The molecule has 0 aliphatic carbocycles. The number of aryl methyl sites for hydroxylation is 1. The first-order valence-electron chi connectivity index (χ1n) is 5.61. The predicted molar refractivity (Wildman–Crippen MR) is 67.9 cm³/mol. The highest BCUT2D eigenvalue weighted by Crippen LogP contribution is 2.19. The van der Waals surface area contributed by atoms with Crippen LogP contribution in [0.5, 0.6) is 0 Å². The van der Waals surface area contributed by atoms with Crippen LogP contribution in [0.4, 0.5) is 29.3 Å². The van der Waals surface area contributed by atoms with Crippen molar-refractivity contribution in [2.24, 2.45) is 0 Å². The Morgan fingerprint density at radius 1 is 1.05 bits per heavy atom. The molecule has 0 atom stereocenters. The number of amides is 2. The second kappa shape index (κ2) is 5.60. The molecule has 0 spiro atoms. The van der Waals surface area contributed by atoms with Crippen LogP contribution in [0.1, 0.15) is 5.69 Å². The van der Waals surface area contributed by atoms with Gasteiger partial charge in [0, 0.05) is 5.69 Å². The Kier molecular flexibility index (Phi) is 3.88. The minimum absolute atomic E-state index is 0.385. The monoisotopic (exact) mass is 281 g/mol. The molecular formula is C13H10F3N3O. The molecule has 2 N–H and O–H groups in total. The van der Waals surface area contributed by atoms with Crippen LogP contribution in [0.2, 0.25) is 0 Å². The smallest absolute Gasteiger partial charge is 0.306 e. The Labute approximate surface area is 112 Å². The number of carbonyl (C=O) groups is 1. The maximum absolute atomic E-state index is 13.3. The van der Waals surface area contributed by atoms with Gasteiger partial charge in [-0.05, 0) is 31.2 Å². The molecule has 0 unspecified atom stereocenters. The van der Waals surface area contributed by atoms with Gasteiger partial charge in [0.1, 0.15) is 0 Å². The van der Waals surface area contributed by atoms with Gasteiger partial charge in [0.2, 0.25) is 0 Å². The Balaban J connectivity index is 2.08. The number of anilines is 2. The third kappa shape index (κ3) is 3.05. The molecule has 7 heteroatoms. The summed E-state index contributed by atoms with van der Waals surface area (Å²) in [5, 5.41) is 4.47. The van der Waals surface area contributed by atoms with Crippen LogP contribution in [0.3, 0.4) is 0 Å². The molecule has 0 bridgehead atoms. The normalized spacial score (nSPS) is 10.2. The fraction of sp³-hybridized carbons (Fsp3) is 0.0769. The number of hydrogen-bond donors (Lipinski definition) is 2. The lowest BCUT2D eigenvalue weighted by molar-refractivity contribution is 0.262. The second-order valence-corrected chi connectivity index (χ2v) is 3.99. The molecule has 0 saturated carbocycles. The maximum Gasteiger partial charge on any atom is 0.323 e. The van der Waals surface area contributed by atoms with Gasteiger partial charge in [-0.3, -0.25) is 4.98 Å². The summed E-state index contributed by atoms with van der Waals surface area (Å²) < 4.78 is 39.1. The summed E-state index contributed by atoms with van der Waals surface area (Å²) in [4.78, 5) is 15.5. The van der Waals surface area contributed by atoms with E-state index < -0.39 is 29.2 Å². The van der Waals surface area contributed by atoms with E-state index in [-0.39, 0.29) is 0 Å². The van der Waals surface area contributed by atoms with Crippen molar-refractivity contribution in [2.45, 2.75) is 6.92 Å². The fourth-order valence-corrected chi connectivity index (χ4v) is 1.45. The molecule has 1 heterocycles. The van der Waals surface area contributed by atoms with E-state index in [1.165, 1.54) is 6.20 Å². The van der Waals surface area contributed by atoms with Crippen LogP contribution in [0.15, 0.2) is 30.5 Å². The number of rotatable bonds is 2. The number of aromatic nitrogens is 1. The number of hydrogen-bond acceptors (Lipinski definition) is 2. The third-order valence-corrected chi connectivity index (χ3v) is 2.45. The quantitative estimate of drug-likeness (QED) is 0.828. The molecule has 20 heavy (non-hydrogen) atoms. The number of nitrogens with zero attached hydrogens (tertiary/aromatic N) is 1. The van der Waals surface area contributed by atoms with Crippen molar-refractivity contribution in [3.63, 3.8) is 0 Å². The summed E-state index contributed by atoms with van der Waals surface area (Å²) >= 11 is 0. The number of pyridine rings is 1. The Morgan fingerprint density at radius 3 is 2.45 bits per heavy atom. The Hall–Kier alpha value is -2.57. The summed E-state index contributed by atoms with van der Waals surface area (Å²) in [6.07, 6.45) is 1.41. The Morgan fingerprint density at radius 2 is 1.80 bits per heavy atom. The lowest BCUT2D eigenvalue weighted by atomic mass is 10.3. The molecule has 2 rings (SSSR count). The molecule has 0 saturated heterocycles. The molecule has 2 aromatic rings. The van der Waals surface area contributed by atoms with Gasteiger partial charge < -0.3 is 10.6 Å². The lowest BCUT2D eigenvalue weighted by Crippen LogP contribution is -2.20. The van der Waals surface area contributed by atoms with E-state index in [2.05, 4.69) is 15.6 Å². The van der Waals surface area contributed by atoms with Gasteiger partial charge in [-0.25, -0.2) is 18.0 Å². The van der Waals surface area contributed by atoms with Crippen LogP contribution >= 0.6 is 0 Å². The van der Waals surface area contributed by atoms with Gasteiger partial charge in [0.15, 0.2) is 17.5 Å². The van der Waals surface area contributed by atoms with Crippen LogP contribution in [0, 0.1) is 24.4 Å². The predicted octanol–water partition coefficient (Wildman–Crippen LogP) is 3.45. The molecular weight excluding hydrogens is 271 g/mol. The van der Waals surface area contributed by atoms with E-state index in [0.29, 0.717) is 5.69 Å². The zero-order valence-electron chi connectivity index (χ0n) is 10.4. The third-order valence-electron chi connectivity index (χ3n) is 2.45. The highest BCUT2D eigenvalue weighted by Gasteiger charge is 2.15. The van der Waals surface area contributed by atoms with Crippen molar-refractivity contribution in [2.75, 3.05) is 10.6 Å². The summed E-state index contributed by atoms with van der Waals surface area (Å²) in [5.74, 6) is -4.42. The van der Waals surface area contributed by atoms with Gasteiger partial charge >= 0.3 is 6.03 Å². The van der Waals surface area contributed by atoms with E-state index in [1.54, 1.807) is 19.1 Å². The highest BCUT2D eigenvalue weighted by atomic mass is 19.2. The number of halogens is 3. The molecule has 0 fully saturated rings. The number of urea groups is 1. The number of benzene rings is 1. The van der Waals surface area contributed by atoms with Crippen molar-refractivity contribution in [1.29, 1.82) is 0 Å². The van der Waals surface area contributed by atoms with E-state index in [0.717, 1.165) is 17.8 Å². The number of carbonyl (C=O) groups excluding carboxylic acids is 1. The largest absolute Gasteiger partial charge is 0.323 e. The lowest BCUT2D eigenvalue weighted by Gasteiger charge is -2.09. The molecule has 1 aromatic heterocycles. The summed E-state index contributed by atoms with van der Waals surface area (Å²) in [6, 6.07) is 4.14. The van der Waals surface area contributed by atoms with Crippen molar-refractivity contribution >= 4 is 17.4 Å². The molecule has 1 aromatic carbocycles. The van der Waals surface area contributed by atoms with Gasteiger partial charge in [0.25, 0.3) is 0 Å². The summed E-state index contributed by atoms with van der Waals surface area (Å²) in [7, 11) is 0. The molecule has 0 aliphatic rings. The standard InChI is InChI=1S/C13H10F3N3O/c1-7-2-3-8(6-17-7)18-13(20)19-10-5-4-9(14)11(15)12(10)16/h2-6H,1H3,(H2,18,19,20). The van der Waals surface area contributed by atoms with Gasteiger partial charge in [-0.1, -0.05) is 0 Å². The first kappa shape index (κ1) is 13.9. The second-order valence-electron chi connectivity index (χ2n) is 3.99. The van der Waals surface area contributed by atoms with Crippen LogP contribution < -0.4 is 10.6 Å². The van der Waals surface area contributed by atoms with Crippen molar-refractivity contribution < 1.29 is 18.0 Å². The average molecular weight is 281 g/mol. The highest BCUT2D eigenvalue weighted by molar-refractivity contribution is 5.99. The first-order valence-corrected chi connectivity index (χ1v) is 5.61. The van der Waals surface area contributed by atoms with Crippen molar-refractivity contribution in [3.05, 3.63) is 53.6 Å². The van der Waals surface area contributed by atoms with Gasteiger partial charge in [-0.15, -0.1) is 0 Å². The van der Waals surface area contributed by atoms with Crippen molar-refractivity contribution in [3.8, 4) is 0 Å². The van der Waals surface area contributed by atoms with E-state index in [9.17, 15) is 18.0 Å². The zero-order chi connectivity index (χ0) is 14.7. The fourth-order valence-electron chi connectivity index (χ4n) is 1.45. The maximum atomic E-state index is 13.3. The zero-order valence-corrected chi connectivity index (χ0v) is 10.4. The first-order chi connectivity index (χ1) is 9.47. The summed E-state index contributed by atoms with van der Waals surface area (Å²) in [6.45, 7) is 1.78. The van der Waals surface area contributed by atoms with Crippen molar-refractivity contribution in [1.82, 2.24) is 4.98 Å². The molecule has 104 valence electrons. The SMILES string of the molecule is Cc1ccc(NC(=O)Nc2ccc(F)c(F)c2F)cn1. The topological polar surface area (TPSA) is 54.0 Å². The average Bonchev–Trinajstić information content (AvgIpc) is 2.42. The van der Waals surface area contributed by atoms with Crippen LogP contribution in [-0.2, 0) is 0 Å². The van der Waals surface area contributed by atoms with Gasteiger partial charge in [-0.2, -0.15) is 0 Å². The molecule has 0 radical (unpaired) electrons. The molecule has 0 aliphatic heterocycles. The van der Waals surface area contributed by atoms with E-state index in [1.807, 2.05) is 0 Å². The molecule has 4 nitrogen and oxygen atoms in total.